The number of H-pyrrole nitrogens is 1. The van der Waals surface area contributed by atoms with Gasteiger partial charge in [0, 0.05) is 28.0 Å². The molecular formula is C18H16BrN3O. The highest BCUT2D eigenvalue weighted by molar-refractivity contribution is 9.10. The molecule has 0 saturated heterocycles. The Kier molecular flexibility index (Phi) is 4.88. The van der Waals surface area contributed by atoms with Gasteiger partial charge in [-0.25, -0.2) is 5.43 Å². The highest BCUT2D eigenvalue weighted by Crippen LogP contribution is 2.18. The number of halogens is 1. The molecule has 0 atom stereocenters. The van der Waals surface area contributed by atoms with Crippen LogP contribution in [0.3, 0.4) is 0 Å². The Morgan fingerprint density at radius 3 is 2.78 bits per heavy atom. The van der Waals surface area contributed by atoms with Crippen molar-refractivity contribution >= 4 is 39.0 Å². The molecule has 2 N–H and O–H groups in total. The van der Waals surface area contributed by atoms with E-state index in [1.807, 2.05) is 48.7 Å². The van der Waals surface area contributed by atoms with Crippen molar-refractivity contribution in [3.05, 3.63) is 70.3 Å². The van der Waals surface area contributed by atoms with Gasteiger partial charge in [-0.15, -0.1) is 0 Å². The van der Waals surface area contributed by atoms with Gasteiger partial charge in [0.1, 0.15) is 0 Å². The van der Waals surface area contributed by atoms with Crippen molar-refractivity contribution in [3.8, 4) is 0 Å². The van der Waals surface area contributed by atoms with Gasteiger partial charge in [-0.1, -0.05) is 46.3 Å². The third-order valence-corrected chi connectivity index (χ3v) is 4.10. The van der Waals surface area contributed by atoms with Crippen molar-refractivity contribution in [3.63, 3.8) is 0 Å². The highest BCUT2D eigenvalue weighted by atomic mass is 79.9. The SMILES string of the molecule is O=C(CCc1c[nH]c2ccccc12)N/N=C\c1ccc(Br)cc1. The number of nitrogens with zero attached hydrogens (tertiary/aromatic N) is 1. The molecule has 1 amide bonds. The summed E-state index contributed by atoms with van der Waals surface area (Å²) in [6.45, 7) is 0. The van der Waals surface area contributed by atoms with Crippen LogP contribution in [0.25, 0.3) is 10.9 Å². The number of amides is 1. The first-order chi connectivity index (χ1) is 11.2. The molecule has 0 bridgehead atoms. The second-order valence-corrected chi connectivity index (χ2v) is 6.12. The number of aromatic amines is 1. The van der Waals surface area contributed by atoms with Crippen molar-refractivity contribution in [2.24, 2.45) is 5.10 Å². The molecule has 116 valence electrons. The van der Waals surface area contributed by atoms with E-state index >= 15 is 0 Å². The molecule has 23 heavy (non-hydrogen) atoms. The molecule has 2 aromatic carbocycles. The average molecular weight is 370 g/mol. The molecule has 0 aliphatic rings. The summed E-state index contributed by atoms with van der Waals surface area (Å²) in [7, 11) is 0. The van der Waals surface area contributed by atoms with E-state index < -0.39 is 0 Å². The van der Waals surface area contributed by atoms with Crippen LogP contribution >= 0.6 is 15.9 Å². The molecule has 5 heteroatoms. The number of para-hydroxylation sites is 1. The number of nitrogens with one attached hydrogen (secondary N) is 2. The lowest BCUT2D eigenvalue weighted by molar-refractivity contribution is -0.121. The summed E-state index contributed by atoms with van der Waals surface area (Å²) in [6, 6.07) is 15.8. The molecule has 0 unspecified atom stereocenters. The van der Waals surface area contributed by atoms with Crippen molar-refractivity contribution in [2.45, 2.75) is 12.8 Å². The zero-order valence-corrected chi connectivity index (χ0v) is 14.0. The van der Waals surface area contributed by atoms with Crippen molar-refractivity contribution in [1.29, 1.82) is 0 Å². The number of hydrogen-bond donors (Lipinski definition) is 2. The lowest BCUT2D eigenvalue weighted by atomic mass is 10.1. The summed E-state index contributed by atoms with van der Waals surface area (Å²) in [5.41, 5.74) is 5.74. The summed E-state index contributed by atoms with van der Waals surface area (Å²) in [6.07, 6.45) is 4.68. The van der Waals surface area contributed by atoms with Gasteiger partial charge in [-0.3, -0.25) is 4.79 Å². The van der Waals surface area contributed by atoms with Crippen LogP contribution in [0.4, 0.5) is 0 Å². The van der Waals surface area contributed by atoms with Crippen LogP contribution in [0, 0.1) is 0 Å². The number of rotatable bonds is 5. The normalized spacial score (nSPS) is 11.2. The van der Waals surface area contributed by atoms with Gasteiger partial charge in [-0.2, -0.15) is 5.10 Å². The Labute approximate surface area is 142 Å². The molecule has 4 nitrogen and oxygen atoms in total. The third kappa shape index (κ3) is 4.07. The van der Waals surface area contributed by atoms with E-state index in [0.717, 1.165) is 21.1 Å². The van der Waals surface area contributed by atoms with Gasteiger partial charge in [0.15, 0.2) is 0 Å². The second-order valence-electron chi connectivity index (χ2n) is 5.20. The molecule has 0 aliphatic carbocycles. The number of aromatic nitrogens is 1. The lowest BCUT2D eigenvalue weighted by Crippen LogP contribution is -2.17. The van der Waals surface area contributed by atoms with Crippen LogP contribution in [-0.2, 0) is 11.2 Å². The number of hydrogen-bond acceptors (Lipinski definition) is 2. The lowest BCUT2D eigenvalue weighted by Gasteiger charge is -2.00. The summed E-state index contributed by atoms with van der Waals surface area (Å²) in [5, 5.41) is 5.15. The van der Waals surface area contributed by atoms with E-state index in [2.05, 4.69) is 37.5 Å². The highest BCUT2D eigenvalue weighted by Gasteiger charge is 2.05. The largest absolute Gasteiger partial charge is 0.361 e. The molecule has 0 spiro atoms. The zero-order chi connectivity index (χ0) is 16.1. The van der Waals surface area contributed by atoms with E-state index in [-0.39, 0.29) is 5.91 Å². The first kappa shape index (κ1) is 15.5. The van der Waals surface area contributed by atoms with Gasteiger partial charge >= 0.3 is 0 Å². The first-order valence-electron chi connectivity index (χ1n) is 7.35. The fourth-order valence-electron chi connectivity index (χ4n) is 2.37. The molecule has 3 aromatic rings. The smallest absolute Gasteiger partial charge is 0.240 e. The topological polar surface area (TPSA) is 57.2 Å². The number of aryl methyl sites for hydroxylation is 1. The Morgan fingerprint density at radius 1 is 1.17 bits per heavy atom. The minimum atomic E-state index is -0.0938. The summed E-state index contributed by atoms with van der Waals surface area (Å²) < 4.78 is 1.01. The standard InChI is InChI=1S/C18H16BrN3O/c19-15-8-5-13(6-9-15)11-21-22-18(23)10-7-14-12-20-17-4-2-1-3-16(14)17/h1-6,8-9,11-12,20H,7,10H2,(H,22,23)/b21-11-. The van der Waals surface area contributed by atoms with Gasteiger partial charge in [0.05, 0.1) is 6.21 Å². The zero-order valence-electron chi connectivity index (χ0n) is 12.4. The van der Waals surface area contributed by atoms with Crippen LogP contribution in [0.1, 0.15) is 17.5 Å². The molecule has 1 aromatic heterocycles. The van der Waals surface area contributed by atoms with Crippen LogP contribution in [0.2, 0.25) is 0 Å². The van der Waals surface area contributed by atoms with E-state index in [4.69, 9.17) is 0 Å². The third-order valence-electron chi connectivity index (χ3n) is 3.57. The summed E-state index contributed by atoms with van der Waals surface area (Å²) in [5.74, 6) is -0.0938. The van der Waals surface area contributed by atoms with Crippen molar-refractivity contribution in [2.75, 3.05) is 0 Å². The van der Waals surface area contributed by atoms with Crippen molar-refractivity contribution < 1.29 is 4.79 Å². The Hall–Kier alpha value is -2.40. The maximum absolute atomic E-state index is 11.9. The van der Waals surface area contributed by atoms with Crippen molar-refractivity contribution in [1.82, 2.24) is 10.4 Å². The fraction of sp³-hybridized carbons (Fsp3) is 0.111. The summed E-state index contributed by atoms with van der Waals surface area (Å²) >= 11 is 3.38. The second kappa shape index (κ2) is 7.24. The minimum Gasteiger partial charge on any atom is -0.361 e. The molecule has 0 aliphatic heterocycles. The van der Waals surface area contributed by atoms with Gasteiger partial charge in [0.2, 0.25) is 5.91 Å². The van der Waals surface area contributed by atoms with E-state index in [1.165, 1.54) is 5.39 Å². The Morgan fingerprint density at radius 2 is 1.96 bits per heavy atom. The summed E-state index contributed by atoms with van der Waals surface area (Å²) in [4.78, 5) is 15.1. The van der Waals surface area contributed by atoms with Crippen LogP contribution in [-0.4, -0.2) is 17.1 Å². The van der Waals surface area contributed by atoms with Crippen LogP contribution in [0.5, 0.6) is 0 Å². The predicted octanol–water partition coefficient (Wildman–Crippen LogP) is 4.01. The van der Waals surface area contributed by atoms with E-state index in [0.29, 0.717) is 12.8 Å². The van der Waals surface area contributed by atoms with Gasteiger partial charge < -0.3 is 4.98 Å². The number of carbonyl (C=O) groups is 1. The maximum atomic E-state index is 11.9. The number of carbonyl (C=O) groups excluding carboxylic acids is 1. The van der Waals surface area contributed by atoms with Crippen LogP contribution in [0.15, 0.2) is 64.3 Å². The monoisotopic (exact) mass is 369 g/mol. The fourth-order valence-corrected chi connectivity index (χ4v) is 2.63. The molecule has 1 heterocycles. The molecule has 0 fully saturated rings. The molecule has 0 saturated carbocycles. The molecule has 3 rings (SSSR count). The first-order valence-corrected chi connectivity index (χ1v) is 8.14. The van der Waals surface area contributed by atoms with Gasteiger partial charge in [-0.05, 0) is 35.7 Å². The van der Waals surface area contributed by atoms with Gasteiger partial charge in [0.25, 0.3) is 0 Å². The quantitative estimate of drug-likeness (QED) is 0.517. The average Bonchev–Trinajstić information content (AvgIpc) is 2.98. The number of fused-ring (bicyclic) bond motifs is 1. The van der Waals surface area contributed by atoms with E-state index in [1.54, 1.807) is 6.21 Å². The predicted molar refractivity (Wildman–Crippen MR) is 96.5 cm³/mol. The molecule has 0 radical (unpaired) electrons. The minimum absolute atomic E-state index is 0.0938. The van der Waals surface area contributed by atoms with Crippen LogP contribution < -0.4 is 5.43 Å². The number of benzene rings is 2. The number of hydrazone groups is 1. The maximum Gasteiger partial charge on any atom is 0.240 e. The Bertz CT molecular complexity index is 837. The molecular weight excluding hydrogens is 354 g/mol. The van der Waals surface area contributed by atoms with E-state index in [9.17, 15) is 4.79 Å². The Balaban J connectivity index is 1.52.